The Kier molecular flexibility index (Phi) is 5.06. The number of aromatic hydroxyl groups is 2. The number of nitrogens with zero attached hydrogens (tertiary/aromatic N) is 1. The molecule has 1 aliphatic heterocycles. The van der Waals surface area contributed by atoms with Gasteiger partial charge in [-0.05, 0) is 18.1 Å². The number of hydrogen-bond donors (Lipinski definition) is 2. The van der Waals surface area contributed by atoms with Crippen LogP contribution in [0.2, 0.25) is 0 Å². The highest BCUT2D eigenvalue weighted by Crippen LogP contribution is 2.42. The number of carbonyl (C=O) groups is 2. The van der Waals surface area contributed by atoms with Crippen LogP contribution in [0.4, 0.5) is 5.69 Å². The molecule has 8 nitrogen and oxygen atoms in total. The number of hydrogen-bond acceptors (Lipinski definition) is 7. The summed E-state index contributed by atoms with van der Waals surface area (Å²) in [5.74, 6) is -3.01. The summed E-state index contributed by atoms with van der Waals surface area (Å²) >= 11 is 0. The predicted molar refractivity (Wildman–Crippen MR) is 113 cm³/mol. The molecule has 0 saturated carbocycles. The van der Waals surface area contributed by atoms with E-state index in [0.29, 0.717) is 13.0 Å². The highest BCUT2D eigenvalue weighted by molar-refractivity contribution is 7.91. The van der Waals surface area contributed by atoms with Crippen molar-refractivity contribution in [2.24, 2.45) is 0 Å². The highest BCUT2D eigenvalue weighted by Gasteiger charge is 2.32. The highest BCUT2D eigenvalue weighted by atomic mass is 32.2. The van der Waals surface area contributed by atoms with Gasteiger partial charge in [0, 0.05) is 29.3 Å². The molecule has 1 heterocycles. The van der Waals surface area contributed by atoms with Crippen LogP contribution in [0, 0.1) is 0 Å². The summed E-state index contributed by atoms with van der Waals surface area (Å²) in [6.07, 6.45) is 1.48. The second kappa shape index (κ2) is 7.59. The molecule has 0 aliphatic carbocycles. The molecule has 31 heavy (non-hydrogen) atoms. The van der Waals surface area contributed by atoms with Gasteiger partial charge < -0.3 is 19.8 Å². The number of sulfone groups is 1. The minimum absolute atomic E-state index is 0.0710. The van der Waals surface area contributed by atoms with Gasteiger partial charge in [-0.15, -0.1) is 0 Å². The average molecular weight is 441 g/mol. The molecule has 1 amide bonds. The van der Waals surface area contributed by atoms with Gasteiger partial charge in [0.25, 0.3) is 5.91 Å². The van der Waals surface area contributed by atoms with Crippen LogP contribution >= 0.6 is 0 Å². The second-order valence-electron chi connectivity index (χ2n) is 7.22. The molecule has 160 valence electrons. The lowest BCUT2D eigenvalue weighted by atomic mass is 10.0. The van der Waals surface area contributed by atoms with Crippen molar-refractivity contribution in [2.45, 2.75) is 11.3 Å². The molecular formula is C22H19NO7S. The Balaban J connectivity index is 1.67. The average Bonchev–Trinajstić information content (AvgIpc) is 3.17. The zero-order valence-corrected chi connectivity index (χ0v) is 17.3. The van der Waals surface area contributed by atoms with E-state index >= 15 is 0 Å². The predicted octanol–water partition coefficient (Wildman–Crippen LogP) is 2.40. The van der Waals surface area contributed by atoms with E-state index in [1.807, 2.05) is 12.1 Å². The van der Waals surface area contributed by atoms with Crippen LogP contribution in [-0.2, 0) is 25.8 Å². The maximum Gasteiger partial charge on any atom is 0.343 e. The summed E-state index contributed by atoms with van der Waals surface area (Å²) in [5.41, 5.74) is 1.03. The van der Waals surface area contributed by atoms with Crippen LogP contribution in [0.25, 0.3) is 10.8 Å². The number of para-hydroxylation sites is 1. The van der Waals surface area contributed by atoms with Crippen LogP contribution in [-0.4, -0.2) is 49.9 Å². The lowest BCUT2D eigenvalue weighted by molar-refractivity contribution is -0.121. The SMILES string of the molecule is CS(=O)(=O)c1c(C(=O)OCC(=O)N2CCc3ccccc32)c(O)c2ccccc2c1O. The molecule has 0 spiro atoms. The van der Waals surface area contributed by atoms with Gasteiger partial charge in [-0.2, -0.15) is 0 Å². The normalized spacial score (nSPS) is 13.3. The molecule has 3 aromatic rings. The number of phenols is 2. The van der Waals surface area contributed by atoms with Crippen molar-refractivity contribution in [1.82, 2.24) is 0 Å². The molecule has 4 rings (SSSR count). The Morgan fingerprint density at radius 2 is 1.61 bits per heavy atom. The van der Waals surface area contributed by atoms with Crippen molar-refractivity contribution in [3.8, 4) is 11.5 Å². The van der Waals surface area contributed by atoms with Crippen molar-refractivity contribution in [3.63, 3.8) is 0 Å². The van der Waals surface area contributed by atoms with Crippen LogP contribution in [0.3, 0.4) is 0 Å². The molecule has 0 fully saturated rings. The third-order valence-corrected chi connectivity index (χ3v) is 6.35. The van der Waals surface area contributed by atoms with Gasteiger partial charge in [0.05, 0.1) is 0 Å². The molecule has 2 N–H and O–H groups in total. The van der Waals surface area contributed by atoms with Crippen LogP contribution < -0.4 is 4.90 Å². The molecule has 3 aromatic carbocycles. The summed E-state index contributed by atoms with van der Waals surface area (Å²) in [7, 11) is -4.12. The first-order valence-electron chi connectivity index (χ1n) is 9.42. The molecule has 0 aromatic heterocycles. The van der Waals surface area contributed by atoms with E-state index in [0.717, 1.165) is 17.5 Å². The molecule has 0 radical (unpaired) electrons. The largest absolute Gasteiger partial charge is 0.506 e. The van der Waals surface area contributed by atoms with Gasteiger partial charge >= 0.3 is 5.97 Å². The lowest BCUT2D eigenvalue weighted by Gasteiger charge is -2.18. The Labute approximate surface area is 178 Å². The summed E-state index contributed by atoms with van der Waals surface area (Å²) in [6.45, 7) is -0.213. The van der Waals surface area contributed by atoms with Gasteiger partial charge in [0.2, 0.25) is 0 Å². The summed E-state index contributed by atoms with van der Waals surface area (Å²) < 4.78 is 29.7. The molecule has 0 bridgehead atoms. The number of anilines is 1. The standard InChI is InChI=1S/C22H19NO7S/c1-31(28,29)21-18(19(25)14-7-3-4-8-15(14)20(21)26)22(27)30-12-17(24)23-11-10-13-6-2-5-9-16(13)23/h2-9,25-26H,10-12H2,1H3. The van der Waals surface area contributed by atoms with Gasteiger partial charge in [0.1, 0.15) is 22.0 Å². The number of phenolic OH excluding ortho intramolecular Hbond substituents is 2. The Morgan fingerprint density at radius 3 is 2.29 bits per heavy atom. The van der Waals surface area contributed by atoms with E-state index in [1.165, 1.54) is 17.0 Å². The van der Waals surface area contributed by atoms with Gasteiger partial charge in [-0.1, -0.05) is 42.5 Å². The van der Waals surface area contributed by atoms with Crippen LogP contribution in [0.1, 0.15) is 15.9 Å². The third-order valence-electron chi connectivity index (χ3n) is 5.21. The summed E-state index contributed by atoms with van der Waals surface area (Å²) in [6, 6.07) is 13.3. The molecule has 0 atom stereocenters. The van der Waals surface area contributed by atoms with Crippen LogP contribution in [0.15, 0.2) is 53.4 Å². The molecule has 0 unspecified atom stereocenters. The minimum Gasteiger partial charge on any atom is -0.506 e. The van der Waals surface area contributed by atoms with Crippen molar-refractivity contribution < 1.29 is 33.0 Å². The fourth-order valence-electron chi connectivity index (χ4n) is 3.80. The number of fused-ring (bicyclic) bond motifs is 2. The van der Waals surface area contributed by atoms with E-state index < -0.39 is 50.3 Å². The van der Waals surface area contributed by atoms with E-state index in [4.69, 9.17) is 4.74 Å². The Bertz CT molecular complexity index is 1330. The maximum absolute atomic E-state index is 12.8. The molecule has 1 aliphatic rings. The molecular weight excluding hydrogens is 422 g/mol. The number of rotatable bonds is 4. The smallest absolute Gasteiger partial charge is 0.343 e. The third kappa shape index (κ3) is 3.57. The zero-order valence-electron chi connectivity index (χ0n) is 16.5. The number of amides is 1. The summed E-state index contributed by atoms with van der Waals surface area (Å²) in [5, 5.41) is 21.3. The van der Waals surface area contributed by atoms with Gasteiger partial charge in [0.15, 0.2) is 16.4 Å². The Morgan fingerprint density at radius 1 is 1.00 bits per heavy atom. The van der Waals surface area contributed by atoms with Gasteiger partial charge in [-0.25, -0.2) is 13.2 Å². The van der Waals surface area contributed by atoms with Crippen molar-refractivity contribution in [1.29, 1.82) is 0 Å². The van der Waals surface area contributed by atoms with Crippen LogP contribution in [0.5, 0.6) is 11.5 Å². The number of carbonyl (C=O) groups excluding carboxylic acids is 2. The fraction of sp³-hybridized carbons (Fsp3) is 0.182. The monoisotopic (exact) mass is 441 g/mol. The van der Waals surface area contributed by atoms with E-state index in [1.54, 1.807) is 24.3 Å². The van der Waals surface area contributed by atoms with Gasteiger partial charge in [-0.3, -0.25) is 4.79 Å². The number of benzene rings is 3. The van der Waals surface area contributed by atoms with Crippen molar-refractivity contribution >= 4 is 38.2 Å². The summed E-state index contributed by atoms with van der Waals surface area (Å²) in [4.78, 5) is 26.1. The number of esters is 1. The van der Waals surface area contributed by atoms with E-state index in [9.17, 15) is 28.2 Å². The first kappa shape index (κ1) is 20.7. The first-order chi connectivity index (χ1) is 14.7. The topological polar surface area (TPSA) is 121 Å². The zero-order chi connectivity index (χ0) is 22.3. The van der Waals surface area contributed by atoms with E-state index in [-0.39, 0.29) is 10.8 Å². The van der Waals surface area contributed by atoms with Crippen molar-refractivity contribution in [3.05, 3.63) is 59.7 Å². The van der Waals surface area contributed by atoms with Crippen molar-refractivity contribution in [2.75, 3.05) is 24.3 Å². The van der Waals surface area contributed by atoms with E-state index in [2.05, 4.69) is 0 Å². The fourth-order valence-corrected chi connectivity index (χ4v) is 4.82. The maximum atomic E-state index is 12.8. The number of ether oxygens (including phenoxy) is 1. The Hall–Kier alpha value is -3.59. The molecule has 9 heteroatoms. The quantitative estimate of drug-likeness (QED) is 0.471. The minimum atomic E-state index is -4.12. The lowest BCUT2D eigenvalue weighted by Crippen LogP contribution is -2.33. The first-order valence-corrected chi connectivity index (χ1v) is 11.3. The molecule has 0 saturated heterocycles. The second-order valence-corrected chi connectivity index (χ2v) is 9.17.